The Hall–Kier alpha value is -0.580. The van der Waals surface area contributed by atoms with Gasteiger partial charge in [-0.25, -0.2) is 0 Å². The first-order valence-electron chi connectivity index (χ1n) is 8.03. The Morgan fingerprint density at radius 1 is 1.36 bits per heavy atom. The zero-order chi connectivity index (χ0) is 17.0. The molecule has 0 fully saturated rings. The summed E-state index contributed by atoms with van der Waals surface area (Å²) in [5.41, 5.74) is 1.19. The number of carbonyl (C=O) groups is 1. The molecule has 0 aromatic carbocycles. The van der Waals surface area contributed by atoms with Crippen molar-refractivity contribution >= 4 is 17.6 Å². The standard InChI is InChI=1S/C17H31ClO4/c1-6-7-13-21-17(4,18)22-15(3)10-8-9-14(2)11-12-16(19)20-5/h9,15H,6-8,10-13H2,1-5H3. The van der Waals surface area contributed by atoms with Crippen LogP contribution in [0.1, 0.15) is 66.2 Å². The van der Waals surface area contributed by atoms with Gasteiger partial charge in [0, 0.05) is 13.3 Å². The fourth-order valence-electron chi connectivity index (χ4n) is 1.92. The van der Waals surface area contributed by atoms with Crippen molar-refractivity contribution < 1.29 is 19.0 Å². The molecule has 0 aliphatic rings. The number of carbonyl (C=O) groups excluding carboxylic acids is 1. The summed E-state index contributed by atoms with van der Waals surface area (Å²) < 4.78 is 15.9. The van der Waals surface area contributed by atoms with Crippen molar-refractivity contribution in [3.8, 4) is 0 Å². The van der Waals surface area contributed by atoms with Gasteiger partial charge in [0.2, 0.25) is 5.25 Å². The lowest BCUT2D eigenvalue weighted by molar-refractivity contribution is -0.190. The molecule has 2 atom stereocenters. The fourth-order valence-corrected chi connectivity index (χ4v) is 2.15. The van der Waals surface area contributed by atoms with Gasteiger partial charge in [-0.1, -0.05) is 36.6 Å². The molecule has 4 nitrogen and oxygen atoms in total. The fraction of sp³-hybridized carbons (Fsp3) is 0.824. The molecule has 0 aliphatic heterocycles. The SMILES string of the molecule is CCCCOC(C)(Cl)OC(C)CCC=C(C)CCC(=O)OC. The summed E-state index contributed by atoms with van der Waals surface area (Å²) >= 11 is 6.20. The predicted molar refractivity (Wildman–Crippen MR) is 89.9 cm³/mol. The van der Waals surface area contributed by atoms with Crippen molar-refractivity contribution in [1.82, 2.24) is 0 Å². The summed E-state index contributed by atoms with van der Waals surface area (Å²) in [5, 5.41) is -1.06. The Labute approximate surface area is 140 Å². The normalized spacial score (nSPS) is 16.2. The van der Waals surface area contributed by atoms with Crippen LogP contribution >= 0.6 is 11.6 Å². The molecule has 0 aromatic heterocycles. The van der Waals surface area contributed by atoms with Crippen LogP contribution in [0.3, 0.4) is 0 Å². The third-order valence-corrected chi connectivity index (χ3v) is 3.48. The predicted octanol–water partition coefficient (Wildman–Crippen LogP) is 4.80. The number of ether oxygens (including phenoxy) is 3. The van der Waals surface area contributed by atoms with E-state index in [9.17, 15) is 4.79 Å². The van der Waals surface area contributed by atoms with Gasteiger partial charge in [-0.15, -0.1) is 0 Å². The molecule has 0 aromatic rings. The number of hydrogen-bond donors (Lipinski definition) is 0. The number of esters is 1. The number of alkyl halides is 1. The number of allylic oxidation sites excluding steroid dienone is 2. The lowest BCUT2D eigenvalue weighted by atomic mass is 10.1. The molecule has 0 N–H and O–H groups in total. The Morgan fingerprint density at radius 3 is 2.64 bits per heavy atom. The van der Waals surface area contributed by atoms with Gasteiger partial charge < -0.3 is 14.2 Å². The second kappa shape index (κ2) is 11.9. The van der Waals surface area contributed by atoms with Gasteiger partial charge in [0.05, 0.1) is 19.8 Å². The van der Waals surface area contributed by atoms with Crippen LogP contribution in [0.4, 0.5) is 0 Å². The van der Waals surface area contributed by atoms with Crippen LogP contribution in [-0.2, 0) is 19.0 Å². The van der Waals surface area contributed by atoms with E-state index in [4.69, 9.17) is 21.1 Å². The van der Waals surface area contributed by atoms with E-state index in [-0.39, 0.29) is 12.1 Å². The lowest BCUT2D eigenvalue weighted by Crippen LogP contribution is -2.30. The number of hydrogen-bond acceptors (Lipinski definition) is 4. The quantitative estimate of drug-likeness (QED) is 0.169. The van der Waals surface area contributed by atoms with Crippen LogP contribution in [0.2, 0.25) is 0 Å². The third kappa shape index (κ3) is 12.0. The van der Waals surface area contributed by atoms with Crippen molar-refractivity contribution in [3.05, 3.63) is 11.6 Å². The minimum Gasteiger partial charge on any atom is -0.469 e. The molecule has 0 aliphatic carbocycles. The van der Waals surface area contributed by atoms with Crippen molar-refractivity contribution in [1.29, 1.82) is 0 Å². The molecule has 0 saturated heterocycles. The molecule has 0 radical (unpaired) electrons. The van der Waals surface area contributed by atoms with Gasteiger partial charge in [-0.3, -0.25) is 4.79 Å². The average molecular weight is 335 g/mol. The Balaban J connectivity index is 3.96. The van der Waals surface area contributed by atoms with Crippen LogP contribution in [0.15, 0.2) is 11.6 Å². The van der Waals surface area contributed by atoms with E-state index in [0.717, 1.165) is 32.1 Å². The summed E-state index contributed by atoms with van der Waals surface area (Å²) in [6.45, 7) is 8.45. The van der Waals surface area contributed by atoms with Gasteiger partial charge in [-0.2, -0.15) is 0 Å². The smallest absolute Gasteiger partial charge is 0.305 e. The minimum atomic E-state index is -1.06. The molecule has 0 heterocycles. The van der Waals surface area contributed by atoms with Crippen LogP contribution in [0.5, 0.6) is 0 Å². The largest absolute Gasteiger partial charge is 0.469 e. The maximum atomic E-state index is 11.1. The summed E-state index contributed by atoms with van der Waals surface area (Å²) in [6.07, 6.45) is 7.08. The zero-order valence-electron chi connectivity index (χ0n) is 14.6. The molecule has 2 unspecified atom stereocenters. The van der Waals surface area contributed by atoms with Gasteiger partial charge in [0.1, 0.15) is 0 Å². The van der Waals surface area contributed by atoms with Gasteiger partial charge in [0.15, 0.2) is 0 Å². The van der Waals surface area contributed by atoms with Crippen LogP contribution in [0, 0.1) is 0 Å². The first kappa shape index (κ1) is 21.4. The topological polar surface area (TPSA) is 44.8 Å². The second-order valence-corrected chi connectivity index (χ2v) is 6.36. The number of unbranched alkanes of at least 4 members (excludes halogenated alkanes) is 1. The molecule has 0 bridgehead atoms. The van der Waals surface area contributed by atoms with Crippen molar-refractivity contribution in [3.63, 3.8) is 0 Å². The molecule has 0 saturated carbocycles. The average Bonchev–Trinajstić information content (AvgIpc) is 2.44. The highest BCUT2D eigenvalue weighted by Crippen LogP contribution is 2.22. The van der Waals surface area contributed by atoms with E-state index < -0.39 is 5.25 Å². The van der Waals surface area contributed by atoms with Crippen LogP contribution in [-0.4, -0.2) is 31.0 Å². The van der Waals surface area contributed by atoms with Crippen LogP contribution in [0.25, 0.3) is 0 Å². The maximum absolute atomic E-state index is 11.1. The summed E-state index contributed by atoms with van der Waals surface area (Å²) in [7, 11) is 1.41. The van der Waals surface area contributed by atoms with E-state index in [1.807, 2.05) is 13.8 Å². The second-order valence-electron chi connectivity index (χ2n) is 5.67. The first-order chi connectivity index (χ1) is 10.3. The lowest BCUT2D eigenvalue weighted by Gasteiger charge is -2.26. The van der Waals surface area contributed by atoms with Crippen molar-refractivity contribution in [2.45, 2.75) is 77.6 Å². The Morgan fingerprint density at radius 2 is 2.05 bits per heavy atom. The Kier molecular flexibility index (Phi) is 11.6. The highest BCUT2D eigenvalue weighted by molar-refractivity contribution is 6.21. The van der Waals surface area contributed by atoms with Crippen LogP contribution < -0.4 is 0 Å². The van der Waals surface area contributed by atoms with E-state index in [1.165, 1.54) is 12.7 Å². The maximum Gasteiger partial charge on any atom is 0.305 e. The summed E-state index contributed by atoms with van der Waals surface area (Å²) in [6, 6.07) is 0. The van der Waals surface area contributed by atoms with E-state index in [1.54, 1.807) is 6.92 Å². The first-order valence-corrected chi connectivity index (χ1v) is 8.41. The molecule has 22 heavy (non-hydrogen) atoms. The highest BCUT2D eigenvalue weighted by Gasteiger charge is 2.24. The van der Waals surface area contributed by atoms with Crippen molar-refractivity contribution in [2.24, 2.45) is 0 Å². The number of rotatable bonds is 12. The molecule has 0 amide bonds. The number of methoxy groups -OCH3 is 1. The summed E-state index contributed by atoms with van der Waals surface area (Å²) in [4.78, 5) is 11.1. The zero-order valence-corrected chi connectivity index (χ0v) is 15.4. The molecule has 0 rings (SSSR count). The monoisotopic (exact) mass is 334 g/mol. The Bertz CT molecular complexity index is 340. The molecular formula is C17H31ClO4. The molecular weight excluding hydrogens is 304 g/mol. The minimum absolute atomic E-state index is 0.00813. The van der Waals surface area contributed by atoms with Gasteiger partial charge in [0.25, 0.3) is 0 Å². The highest BCUT2D eigenvalue weighted by atomic mass is 35.5. The molecule has 0 spiro atoms. The third-order valence-electron chi connectivity index (χ3n) is 3.29. The molecule has 5 heteroatoms. The molecule has 130 valence electrons. The van der Waals surface area contributed by atoms with Gasteiger partial charge >= 0.3 is 5.97 Å². The van der Waals surface area contributed by atoms with Gasteiger partial charge in [-0.05, 0) is 39.5 Å². The summed E-state index contributed by atoms with van der Waals surface area (Å²) in [5.74, 6) is -0.174. The van der Waals surface area contributed by atoms with E-state index in [2.05, 4.69) is 17.7 Å². The van der Waals surface area contributed by atoms with E-state index >= 15 is 0 Å². The number of halogens is 1. The van der Waals surface area contributed by atoms with E-state index in [0.29, 0.717) is 13.0 Å². The van der Waals surface area contributed by atoms with Crippen molar-refractivity contribution in [2.75, 3.05) is 13.7 Å².